The fourth-order valence-electron chi connectivity index (χ4n) is 3.35. The summed E-state index contributed by atoms with van der Waals surface area (Å²) in [7, 11) is 3.15. The molecule has 0 saturated carbocycles. The van der Waals surface area contributed by atoms with E-state index in [-0.39, 0.29) is 24.2 Å². The summed E-state index contributed by atoms with van der Waals surface area (Å²) in [5.41, 5.74) is 1.66. The van der Waals surface area contributed by atoms with Crippen LogP contribution in [0.1, 0.15) is 18.9 Å². The lowest BCUT2D eigenvalue weighted by Gasteiger charge is -2.17. The van der Waals surface area contributed by atoms with Crippen LogP contribution in [0.15, 0.2) is 42.5 Å². The number of hydrogen-bond acceptors (Lipinski definition) is 5. The third-order valence-electron chi connectivity index (χ3n) is 4.87. The molecule has 1 unspecified atom stereocenters. The number of amides is 2. The molecule has 0 bridgehead atoms. The maximum Gasteiger partial charge on any atom is 0.227 e. The number of hydrogen-bond donors (Lipinski definition) is 1. The molecular weight excluding hydrogens is 372 g/mol. The first-order chi connectivity index (χ1) is 14.0. The summed E-state index contributed by atoms with van der Waals surface area (Å²) in [5.74, 6) is 1.43. The summed E-state index contributed by atoms with van der Waals surface area (Å²) in [6.07, 6.45) is 0.199. The molecule has 0 spiro atoms. The van der Waals surface area contributed by atoms with Gasteiger partial charge in [-0.1, -0.05) is 6.07 Å². The van der Waals surface area contributed by atoms with E-state index in [1.807, 2.05) is 43.3 Å². The van der Waals surface area contributed by atoms with E-state index in [0.717, 1.165) is 17.0 Å². The molecule has 1 heterocycles. The van der Waals surface area contributed by atoms with Crippen LogP contribution < -0.4 is 24.4 Å². The quantitative estimate of drug-likeness (QED) is 0.740. The molecule has 2 aromatic rings. The fourth-order valence-corrected chi connectivity index (χ4v) is 3.35. The van der Waals surface area contributed by atoms with Crippen molar-refractivity contribution in [3.8, 4) is 17.2 Å². The van der Waals surface area contributed by atoms with Crippen LogP contribution in [-0.4, -0.2) is 39.2 Å². The van der Waals surface area contributed by atoms with Crippen LogP contribution in [0.3, 0.4) is 0 Å². The number of anilines is 1. The van der Waals surface area contributed by atoms with Crippen molar-refractivity contribution in [1.82, 2.24) is 5.32 Å². The van der Waals surface area contributed by atoms with E-state index < -0.39 is 0 Å². The van der Waals surface area contributed by atoms with E-state index in [0.29, 0.717) is 31.2 Å². The van der Waals surface area contributed by atoms with Crippen molar-refractivity contribution >= 4 is 17.5 Å². The van der Waals surface area contributed by atoms with Crippen molar-refractivity contribution in [3.63, 3.8) is 0 Å². The molecule has 2 aromatic carbocycles. The van der Waals surface area contributed by atoms with Crippen LogP contribution in [0.4, 0.5) is 5.69 Å². The molecule has 3 rings (SSSR count). The summed E-state index contributed by atoms with van der Waals surface area (Å²) < 4.78 is 15.9. The molecule has 1 atom stereocenters. The average Bonchev–Trinajstić information content (AvgIpc) is 3.14. The first kappa shape index (κ1) is 20.5. The van der Waals surface area contributed by atoms with Crippen molar-refractivity contribution in [2.24, 2.45) is 5.92 Å². The number of carbonyl (C=O) groups is 2. The van der Waals surface area contributed by atoms with Gasteiger partial charge in [-0.2, -0.15) is 0 Å². The van der Waals surface area contributed by atoms with Crippen LogP contribution in [0, 0.1) is 5.92 Å². The minimum atomic E-state index is -0.380. The molecule has 29 heavy (non-hydrogen) atoms. The standard InChI is InChI=1S/C22H26N2O5/c1-4-29-18-8-6-17(7-9-18)24-14-16(12-21(24)25)22(26)23-13-15-5-10-19(27-2)20(11-15)28-3/h5-11,16H,4,12-14H2,1-3H3,(H,23,26). The number of benzene rings is 2. The molecule has 1 fully saturated rings. The predicted octanol–water partition coefficient (Wildman–Crippen LogP) is 2.77. The normalized spacial score (nSPS) is 15.9. The molecule has 0 radical (unpaired) electrons. The van der Waals surface area contributed by atoms with Gasteiger partial charge in [-0.25, -0.2) is 0 Å². The highest BCUT2D eigenvalue weighted by Crippen LogP contribution is 2.29. The summed E-state index contributed by atoms with van der Waals surface area (Å²) in [6.45, 7) is 3.23. The van der Waals surface area contributed by atoms with E-state index in [1.54, 1.807) is 25.2 Å². The van der Waals surface area contributed by atoms with E-state index in [1.165, 1.54) is 0 Å². The van der Waals surface area contributed by atoms with Gasteiger partial charge in [0.2, 0.25) is 11.8 Å². The highest BCUT2D eigenvalue weighted by Gasteiger charge is 2.35. The molecule has 7 heteroatoms. The largest absolute Gasteiger partial charge is 0.494 e. The molecule has 1 N–H and O–H groups in total. The Morgan fingerprint density at radius 2 is 1.83 bits per heavy atom. The molecule has 2 amide bonds. The third kappa shape index (κ3) is 4.80. The van der Waals surface area contributed by atoms with Gasteiger partial charge in [0.25, 0.3) is 0 Å². The second-order valence-corrected chi connectivity index (χ2v) is 6.74. The molecule has 7 nitrogen and oxygen atoms in total. The van der Waals surface area contributed by atoms with E-state index in [9.17, 15) is 9.59 Å². The molecule has 1 aliphatic rings. The monoisotopic (exact) mass is 398 g/mol. The van der Waals surface area contributed by atoms with Gasteiger partial charge in [-0.3, -0.25) is 9.59 Å². The number of nitrogens with zero attached hydrogens (tertiary/aromatic N) is 1. The molecule has 0 aliphatic carbocycles. The molecule has 154 valence electrons. The Bertz CT molecular complexity index is 866. The second kappa shape index (κ2) is 9.32. The number of rotatable bonds is 8. The van der Waals surface area contributed by atoms with Gasteiger partial charge in [-0.05, 0) is 48.9 Å². The summed E-state index contributed by atoms with van der Waals surface area (Å²) in [6, 6.07) is 12.8. The van der Waals surface area contributed by atoms with Gasteiger partial charge in [0.05, 0.1) is 26.7 Å². The van der Waals surface area contributed by atoms with Gasteiger partial charge in [0, 0.05) is 25.2 Å². The topological polar surface area (TPSA) is 77.1 Å². The minimum absolute atomic E-state index is 0.0552. The number of carbonyl (C=O) groups excluding carboxylic acids is 2. The Morgan fingerprint density at radius 3 is 2.48 bits per heavy atom. The molecule has 0 aromatic heterocycles. The van der Waals surface area contributed by atoms with Crippen LogP contribution in [-0.2, 0) is 16.1 Å². The summed E-state index contributed by atoms with van der Waals surface area (Å²) >= 11 is 0. The van der Waals surface area contributed by atoms with Crippen LogP contribution in [0.2, 0.25) is 0 Å². The van der Waals surface area contributed by atoms with Gasteiger partial charge >= 0.3 is 0 Å². The molecule has 1 aliphatic heterocycles. The Balaban J connectivity index is 1.59. The van der Waals surface area contributed by atoms with Crippen LogP contribution in [0.25, 0.3) is 0 Å². The van der Waals surface area contributed by atoms with E-state index >= 15 is 0 Å². The number of nitrogens with one attached hydrogen (secondary N) is 1. The second-order valence-electron chi connectivity index (χ2n) is 6.74. The zero-order valence-electron chi connectivity index (χ0n) is 16.9. The predicted molar refractivity (Wildman–Crippen MR) is 109 cm³/mol. The first-order valence-electron chi connectivity index (χ1n) is 9.57. The maximum atomic E-state index is 12.6. The van der Waals surface area contributed by atoms with E-state index in [4.69, 9.17) is 14.2 Å². The van der Waals surface area contributed by atoms with Gasteiger partial charge in [-0.15, -0.1) is 0 Å². The number of methoxy groups -OCH3 is 2. The highest BCUT2D eigenvalue weighted by atomic mass is 16.5. The first-order valence-corrected chi connectivity index (χ1v) is 9.57. The summed E-state index contributed by atoms with van der Waals surface area (Å²) in [5, 5.41) is 2.91. The lowest BCUT2D eigenvalue weighted by Crippen LogP contribution is -2.32. The molecule has 1 saturated heterocycles. The van der Waals surface area contributed by atoms with Gasteiger partial charge in [0.1, 0.15) is 5.75 Å². The zero-order valence-corrected chi connectivity index (χ0v) is 16.9. The van der Waals surface area contributed by atoms with Crippen molar-refractivity contribution in [1.29, 1.82) is 0 Å². The van der Waals surface area contributed by atoms with Gasteiger partial charge in [0.15, 0.2) is 11.5 Å². The maximum absolute atomic E-state index is 12.6. The van der Waals surface area contributed by atoms with Crippen molar-refractivity contribution in [3.05, 3.63) is 48.0 Å². The lowest BCUT2D eigenvalue weighted by molar-refractivity contribution is -0.126. The number of ether oxygens (including phenoxy) is 3. The van der Waals surface area contributed by atoms with E-state index in [2.05, 4.69) is 5.32 Å². The zero-order chi connectivity index (χ0) is 20.8. The third-order valence-corrected chi connectivity index (χ3v) is 4.87. The fraction of sp³-hybridized carbons (Fsp3) is 0.364. The SMILES string of the molecule is CCOc1ccc(N2CC(C(=O)NCc3ccc(OC)c(OC)c3)CC2=O)cc1. The van der Waals surface area contributed by atoms with Crippen molar-refractivity contribution in [2.45, 2.75) is 19.9 Å². The Kier molecular flexibility index (Phi) is 6.59. The summed E-state index contributed by atoms with van der Waals surface area (Å²) in [4.78, 5) is 26.7. The van der Waals surface area contributed by atoms with Crippen LogP contribution >= 0.6 is 0 Å². The average molecular weight is 398 g/mol. The Morgan fingerprint density at radius 1 is 1.10 bits per heavy atom. The minimum Gasteiger partial charge on any atom is -0.494 e. The smallest absolute Gasteiger partial charge is 0.227 e. The lowest BCUT2D eigenvalue weighted by atomic mass is 10.1. The van der Waals surface area contributed by atoms with Crippen LogP contribution in [0.5, 0.6) is 17.2 Å². The van der Waals surface area contributed by atoms with Crippen molar-refractivity contribution < 1.29 is 23.8 Å². The Labute approximate surface area is 170 Å². The molecular formula is C22H26N2O5. The Hall–Kier alpha value is -3.22. The van der Waals surface area contributed by atoms with Gasteiger partial charge < -0.3 is 24.4 Å². The highest BCUT2D eigenvalue weighted by molar-refractivity contribution is 6.00. The van der Waals surface area contributed by atoms with Crippen molar-refractivity contribution in [2.75, 3.05) is 32.3 Å².